The topological polar surface area (TPSA) is 109 Å². The zero-order valence-corrected chi connectivity index (χ0v) is 13.4. The molecule has 0 spiro atoms. The van der Waals surface area contributed by atoms with Crippen molar-refractivity contribution in [3.05, 3.63) is 46.6 Å². The monoisotopic (exact) mass is 347 g/mol. The molecule has 0 saturated heterocycles. The number of aromatic carboxylic acids is 1. The summed E-state index contributed by atoms with van der Waals surface area (Å²) in [5.41, 5.74) is 0.311. The first kappa shape index (κ1) is 16.3. The summed E-state index contributed by atoms with van der Waals surface area (Å²) >= 11 is 6.04. The number of hydrogen-bond donors (Lipinski definition) is 3. The molecule has 0 saturated carbocycles. The summed E-state index contributed by atoms with van der Waals surface area (Å²) in [7, 11) is 1.53. The van der Waals surface area contributed by atoms with Gasteiger partial charge >= 0.3 is 12.1 Å². The van der Waals surface area contributed by atoms with E-state index < -0.39 is 12.1 Å². The Morgan fingerprint density at radius 1 is 1.21 bits per heavy atom. The molecular weight excluding hydrogens is 334 g/mol. The Bertz CT molecular complexity index is 994. The van der Waals surface area contributed by atoms with Crippen LogP contribution in [0.4, 0.5) is 4.79 Å². The van der Waals surface area contributed by atoms with E-state index in [1.165, 1.54) is 12.1 Å². The first-order valence-electron chi connectivity index (χ1n) is 6.99. The van der Waals surface area contributed by atoms with Crippen LogP contribution in [0.15, 0.2) is 30.3 Å². The number of carboxylic acid groups (broad SMARTS) is 2. The Hall–Kier alpha value is -2.61. The van der Waals surface area contributed by atoms with Gasteiger partial charge in [0, 0.05) is 22.8 Å². The van der Waals surface area contributed by atoms with Gasteiger partial charge < -0.3 is 10.2 Å². The summed E-state index contributed by atoms with van der Waals surface area (Å²) in [6, 6.07) is 8.42. The van der Waals surface area contributed by atoms with Gasteiger partial charge in [0.15, 0.2) is 0 Å². The maximum atomic E-state index is 11.9. The molecule has 8 heteroatoms. The van der Waals surface area contributed by atoms with E-state index in [4.69, 9.17) is 17.4 Å². The molecule has 1 heterocycles. The Kier molecular flexibility index (Phi) is 3.92. The quantitative estimate of drug-likeness (QED) is 0.496. The third-order valence-corrected chi connectivity index (χ3v) is 4.05. The van der Waals surface area contributed by atoms with E-state index in [0.717, 1.165) is 9.95 Å². The highest BCUT2D eigenvalue weighted by Crippen LogP contribution is 2.34. The van der Waals surface area contributed by atoms with Crippen LogP contribution in [0.2, 0.25) is 5.02 Å². The van der Waals surface area contributed by atoms with Crippen molar-refractivity contribution < 1.29 is 19.8 Å². The number of benzene rings is 2. The van der Waals surface area contributed by atoms with Crippen LogP contribution in [0.25, 0.3) is 21.7 Å². The zero-order chi connectivity index (χ0) is 17.6. The molecule has 4 N–H and O–H groups in total. The number of hydrazine groups is 1. The number of fused-ring (bicyclic) bond motifs is 3. The number of aromatic nitrogens is 1. The van der Waals surface area contributed by atoms with Gasteiger partial charge in [-0.2, -0.15) is 0 Å². The first-order valence-corrected chi connectivity index (χ1v) is 7.37. The van der Waals surface area contributed by atoms with Gasteiger partial charge in [-0.1, -0.05) is 29.8 Å². The molecule has 0 amide bonds. The number of carboxylic acids is 1. The fraction of sp³-hybridized carbons (Fsp3) is 0.125. The Morgan fingerprint density at radius 2 is 1.88 bits per heavy atom. The summed E-state index contributed by atoms with van der Waals surface area (Å²) in [6.07, 6.45) is -1.28. The number of halogens is 1. The SMILES string of the molecule is CN(N)Cc1c(C(=O)O)c2ccc3ccc(Cl)cc3c2n1C(=O)O. The van der Waals surface area contributed by atoms with Gasteiger partial charge in [-0.25, -0.2) is 19.2 Å². The largest absolute Gasteiger partial charge is 0.478 e. The fourth-order valence-electron chi connectivity index (χ4n) is 2.96. The van der Waals surface area contributed by atoms with Gasteiger partial charge in [0.2, 0.25) is 0 Å². The summed E-state index contributed by atoms with van der Waals surface area (Å²) < 4.78 is 0.973. The summed E-state index contributed by atoms with van der Waals surface area (Å²) in [5, 5.41) is 22.6. The highest BCUT2D eigenvalue weighted by molar-refractivity contribution is 6.32. The summed E-state index contributed by atoms with van der Waals surface area (Å²) in [6.45, 7) is -0.0370. The lowest BCUT2D eigenvalue weighted by molar-refractivity contribution is 0.0696. The third kappa shape index (κ3) is 2.48. The minimum absolute atomic E-state index is 0.0370. The van der Waals surface area contributed by atoms with Crippen molar-refractivity contribution >= 4 is 45.3 Å². The molecule has 0 fully saturated rings. The molecule has 0 unspecified atom stereocenters. The number of carbonyl (C=O) groups is 2. The third-order valence-electron chi connectivity index (χ3n) is 3.81. The minimum atomic E-state index is -1.28. The first-order chi connectivity index (χ1) is 11.3. The van der Waals surface area contributed by atoms with E-state index in [9.17, 15) is 19.8 Å². The van der Waals surface area contributed by atoms with E-state index in [0.29, 0.717) is 15.8 Å². The van der Waals surface area contributed by atoms with Gasteiger partial charge in [-0.3, -0.25) is 5.84 Å². The lowest BCUT2D eigenvalue weighted by Gasteiger charge is -2.12. The van der Waals surface area contributed by atoms with Crippen LogP contribution in [0.1, 0.15) is 16.1 Å². The van der Waals surface area contributed by atoms with Crippen LogP contribution in [-0.2, 0) is 6.54 Å². The predicted octanol–water partition coefficient (Wildman–Crippen LogP) is 2.98. The molecule has 7 nitrogen and oxygen atoms in total. The maximum Gasteiger partial charge on any atom is 0.416 e. The van der Waals surface area contributed by atoms with Crippen molar-refractivity contribution in [1.29, 1.82) is 0 Å². The predicted molar refractivity (Wildman–Crippen MR) is 90.5 cm³/mol. The molecule has 0 radical (unpaired) electrons. The van der Waals surface area contributed by atoms with Crippen molar-refractivity contribution in [2.24, 2.45) is 5.84 Å². The van der Waals surface area contributed by atoms with Gasteiger partial charge in [-0.15, -0.1) is 0 Å². The standard InChI is InChI=1S/C16H14ClN3O4/c1-19(18)7-12-13(15(21)22)10-5-3-8-2-4-9(17)6-11(8)14(10)20(12)16(23)24/h2-6H,7,18H2,1H3,(H,21,22)(H,23,24). The lowest BCUT2D eigenvalue weighted by atomic mass is 10.0. The van der Waals surface area contributed by atoms with Crippen LogP contribution >= 0.6 is 11.6 Å². The second-order valence-corrected chi connectivity index (χ2v) is 5.92. The normalized spacial score (nSPS) is 11.5. The number of hydrogen-bond acceptors (Lipinski definition) is 4. The van der Waals surface area contributed by atoms with E-state index in [2.05, 4.69) is 0 Å². The average molecular weight is 348 g/mol. The van der Waals surface area contributed by atoms with E-state index in [1.54, 1.807) is 30.3 Å². The highest BCUT2D eigenvalue weighted by atomic mass is 35.5. The van der Waals surface area contributed by atoms with Gasteiger partial charge in [0.05, 0.1) is 23.3 Å². The summed E-state index contributed by atoms with van der Waals surface area (Å²) in [5.74, 6) is 4.42. The molecule has 3 rings (SSSR count). The van der Waals surface area contributed by atoms with Crippen LogP contribution in [0, 0.1) is 0 Å². The van der Waals surface area contributed by atoms with Gasteiger partial charge in [-0.05, 0) is 17.5 Å². The van der Waals surface area contributed by atoms with Crippen molar-refractivity contribution in [2.75, 3.05) is 7.05 Å². The number of rotatable bonds is 3. The Labute approximate surface area is 141 Å². The zero-order valence-electron chi connectivity index (χ0n) is 12.7. The molecule has 2 aromatic carbocycles. The lowest BCUT2D eigenvalue weighted by Crippen LogP contribution is -2.28. The van der Waals surface area contributed by atoms with E-state index >= 15 is 0 Å². The van der Waals surface area contributed by atoms with Gasteiger partial charge in [0.25, 0.3) is 0 Å². The maximum absolute atomic E-state index is 11.9. The van der Waals surface area contributed by atoms with Crippen molar-refractivity contribution in [3.63, 3.8) is 0 Å². The molecule has 24 heavy (non-hydrogen) atoms. The molecule has 0 bridgehead atoms. The number of nitrogens with zero attached hydrogens (tertiary/aromatic N) is 2. The second-order valence-electron chi connectivity index (χ2n) is 5.49. The second kappa shape index (κ2) is 5.79. The van der Waals surface area contributed by atoms with Crippen molar-refractivity contribution in [2.45, 2.75) is 6.54 Å². The molecule has 0 aliphatic carbocycles. The summed E-state index contributed by atoms with van der Waals surface area (Å²) in [4.78, 5) is 23.6. The molecule has 0 aliphatic rings. The van der Waals surface area contributed by atoms with E-state index in [1.807, 2.05) is 0 Å². The van der Waals surface area contributed by atoms with Crippen molar-refractivity contribution in [3.8, 4) is 0 Å². The fourth-order valence-corrected chi connectivity index (χ4v) is 3.13. The van der Waals surface area contributed by atoms with Crippen LogP contribution < -0.4 is 5.84 Å². The number of nitrogens with two attached hydrogens (primary N) is 1. The average Bonchev–Trinajstić information content (AvgIpc) is 2.80. The molecule has 1 aromatic heterocycles. The molecule has 0 atom stereocenters. The minimum Gasteiger partial charge on any atom is -0.478 e. The van der Waals surface area contributed by atoms with Crippen LogP contribution in [0.3, 0.4) is 0 Å². The van der Waals surface area contributed by atoms with Crippen LogP contribution in [-0.4, -0.2) is 38.9 Å². The smallest absolute Gasteiger partial charge is 0.416 e. The molecule has 3 aromatic rings. The highest BCUT2D eigenvalue weighted by Gasteiger charge is 2.26. The molecule has 124 valence electrons. The van der Waals surface area contributed by atoms with Crippen molar-refractivity contribution in [1.82, 2.24) is 9.58 Å². The van der Waals surface area contributed by atoms with E-state index in [-0.39, 0.29) is 23.3 Å². The Balaban J connectivity index is 2.57. The van der Waals surface area contributed by atoms with Crippen LogP contribution in [0.5, 0.6) is 0 Å². The molecular formula is C16H14ClN3O4. The molecule has 0 aliphatic heterocycles. The van der Waals surface area contributed by atoms with Gasteiger partial charge in [0.1, 0.15) is 0 Å². The Morgan fingerprint density at radius 3 is 2.46 bits per heavy atom.